The van der Waals surface area contributed by atoms with Crippen molar-refractivity contribution in [3.63, 3.8) is 0 Å². The molecule has 1 aromatic carbocycles. The third kappa shape index (κ3) is 1.93. The van der Waals surface area contributed by atoms with E-state index in [1.165, 1.54) is 0 Å². The molecule has 0 saturated heterocycles. The molecule has 0 amide bonds. The lowest BCUT2D eigenvalue weighted by Gasteiger charge is -2.00. The third-order valence-electron chi connectivity index (χ3n) is 3.04. The van der Waals surface area contributed by atoms with Crippen LogP contribution in [0, 0.1) is 11.3 Å². The van der Waals surface area contributed by atoms with Crippen LogP contribution in [0.15, 0.2) is 24.3 Å². The van der Waals surface area contributed by atoms with Gasteiger partial charge in [0.05, 0.1) is 6.07 Å². The van der Waals surface area contributed by atoms with Gasteiger partial charge in [-0.15, -0.1) is 0 Å². The Morgan fingerprint density at radius 3 is 2.59 bits per heavy atom. The van der Waals surface area contributed by atoms with Gasteiger partial charge in [-0.2, -0.15) is 5.26 Å². The average molecular weight is 271 g/mol. The van der Waals surface area contributed by atoms with Crippen LogP contribution in [0.2, 0.25) is 5.02 Å². The zero-order valence-corrected chi connectivity index (χ0v) is 10.7. The molecule has 1 aliphatic rings. The molecule has 0 radical (unpaired) electrons. The molecule has 1 aromatic rings. The number of halogens is 1. The topological polar surface area (TPSA) is 83.9 Å². The fraction of sp³-hybridized carbons (Fsp3) is 0.364. The average Bonchev–Trinajstić information content (AvgIpc) is 2.86. The van der Waals surface area contributed by atoms with Crippen LogP contribution in [0.1, 0.15) is 11.5 Å². The van der Waals surface area contributed by atoms with E-state index in [4.69, 9.17) is 22.6 Å². The fourth-order valence-corrected chi connectivity index (χ4v) is 4.16. The monoisotopic (exact) mass is 270 g/mol. The van der Waals surface area contributed by atoms with Crippen LogP contribution in [0.3, 0.4) is 0 Å². The minimum absolute atomic E-state index is 0.499. The van der Waals surface area contributed by atoms with Crippen LogP contribution in [0.5, 0.6) is 0 Å². The number of sulfone groups is 1. The van der Waals surface area contributed by atoms with Crippen molar-refractivity contribution in [2.45, 2.75) is 16.7 Å². The number of benzene rings is 1. The number of nitriles is 1. The van der Waals surface area contributed by atoms with E-state index >= 15 is 0 Å². The smallest absolute Gasteiger partial charge is 0.153 e. The largest absolute Gasteiger partial charge is 0.312 e. The summed E-state index contributed by atoms with van der Waals surface area (Å²) in [5.74, 6) is -0.499. The Labute approximate surface area is 105 Å². The number of hydrogen-bond donors (Lipinski definition) is 1. The molecule has 6 heteroatoms. The minimum Gasteiger partial charge on any atom is -0.312 e. The molecule has 0 aromatic heterocycles. The van der Waals surface area contributed by atoms with Crippen LogP contribution in [0.25, 0.3) is 0 Å². The van der Waals surface area contributed by atoms with Gasteiger partial charge in [0.1, 0.15) is 10.8 Å². The second-order valence-corrected chi connectivity index (χ2v) is 6.93. The molecule has 0 aliphatic heterocycles. The SMILES string of the molecule is CS(=O)(=O)[C@@H]1[C@@H](c2cccc(Cl)c2)[C@@]1(N)C#N. The highest BCUT2D eigenvalue weighted by Crippen LogP contribution is 2.53. The summed E-state index contributed by atoms with van der Waals surface area (Å²) < 4.78 is 23.1. The fourth-order valence-electron chi connectivity index (χ4n) is 2.26. The number of nitrogens with zero attached hydrogens (tertiary/aromatic N) is 1. The first-order chi connectivity index (χ1) is 7.80. The number of hydrogen-bond acceptors (Lipinski definition) is 4. The first-order valence-corrected chi connectivity index (χ1v) is 7.28. The summed E-state index contributed by atoms with van der Waals surface area (Å²) in [6, 6.07) is 8.68. The van der Waals surface area contributed by atoms with Crippen molar-refractivity contribution in [2.75, 3.05) is 6.26 Å². The van der Waals surface area contributed by atoms with Crippen molar-refractivity contribution in [3.8, 4) is 6.07 Å². The molecule has 0 bridgehead atoms. The molecule has 1 saturated carbocycles. The van der Waals surface area contributed by atoms with E-state index < -0.39 is 26.5 Å². The van der Waals surface area contributed by atoms with Crippen molar-refractivity contribution in [2.24, 2.45) is 5.73 Å². The number of rotatable bonds is 2. The molecule has 0 heterocycles. The van der Waals surface area contributed by atoms with Gasteiger partial charge in [0.15, 0.2) is 9.84 Å². The van der Waals surface area contributed by atoms with Gasteiger partial charge >= 0.3 is 0 Å². The Morgan fingerprint density at radius 2 is 2.18 bits per heavy atom. The van der Waals surface area contributed by atoms with E-state index in [9.17, 15) is 8.42 Å². The van der Waals surface area contributed by atoms with E-state index in [1.54, 1.807) is 24.3 Å². The number of nitrogens with two attached hydrogens (primary N) is 1. The van der Waals surface area contributed by atoms with E-state index in [1.807, 2.05) is 6.07 Å². The molecule has 2 rings (SSSR count). The zero-order chi connectivity index (χ0) is 12.8. The summed E-state index contributed by atoms with van der Waals surface area (Å²) in [5.41, 5.74) is 5.18. The van der Waals surface area contributed by atoms with E-state index in [-0.39, 0.29) is 0 Å². The minimum atomic E-state index is -3.35. The van der Waals surface area contributed by atoms with Gasteiger partial charge in [-0.3, -0.25) is 0 Å². The van der Waals surface area contributed by atoms with Crippen molar-refractivity contribution in [1.82, 2.24) is 0 Å². The molecular formula is C11H11ClN2O2S. The lowest BCUT2D eigenvalue weighted by molar-refractivity contribution is 0.597. The van der Waals surface area contributed by atoms with Crippen LogP contribution in [-0.2, 0) is 9.84 Å². The summed E-state index contributed by atoms with van der Waals surface area (Å²) in [6.07, 6.45) is 1.10. The Kier molecular flexibility index (Phi) is 2.69. The highest BCUT2D eigenvalue weighted by Gasteiger charge is 2.69. The van der Waals surface area contributed by atoms with Crippen LogP contribution in [0.4, 0.5) is 0 Å². The Balaban J connectivity index is 2.46. The van der Waals surface area contributed by atoms with Crippen LogP contribution >= 0.6 is 11.6 Å². The van der Waals surface area contributed by atoms with Crippen molar-refractivity contribution in [3.05, 3.63) is 34.9 Å². The van der Waals surface area contributed by atoms with Gasteiger partial charge in [0, 0.05) is 17.2 Å². The second kappa shape index (κ2) is 3.70. The predicted octanol–water partition coefficient (Wildman–Crippen LogP) is 1.07. The first kappa shape index (κ1) is 12.4. The van der Waals surface area contributed by atoms with Gasteiger partial charge in [0.25, 0.3) is 0 Å². The molecule has 1 aliphatic carbocycles. The molecule has 4 nitrogen and oxygen atoms in total. The quantitative estimate of drug-likeness (QED) is 0.871. The highest BCUT2D eigenvalue weighted by atomic mass is 35.5. The molecule has 1 fully saturated rings. The zero-order valence-electron chi connectivity index (χ0n) is 9.09. The van der Waals surface area contributed by atoms with Gasteiger partial charge in [-0.1, -0.05) is 23.7 Å². The van der Waals surface area contributed by atoms with Crippen molar-refractivity contribution >= 4 is 21.4 Å². The molecule has 2 N–H and O–H groups in total. The Hall–Kier alpha value is -1.09. The maximum atomic E-state index is 11.6. The maximum absolute atomic E-state index is 11.6. The van der Waals surface area contributed by atoms with Crippen molar-refractivity contribution in [1.29, 1.82) is 5.26 Å². The Bertz CT molecular complexity index is 608. The van der Waals surface area contributed by atoms with E-state index in [0.717, 1.165) is 6.26 Å². The van der Waals surface area contributed by atoms with E-state index in [2.05, 4.69) is 0 Å². The standard InChI is InChI=1S/C11H11ClN2O2S/c1-17(15,16)10-9(11(10,14)6-13)7-3-2-4-8(12)5-7/h2-5,9-10H,14H2,1H3/t9-,10-,11+/m1/s1. The second-order valence-electron chi connectivity index (χ2n) is 4.33. The van der Waals surface area contributed by atoms with Crippen LogP contribution in [-0.4, -0.2) is 25.5 Å². The lowest BCUT2D eigenvalue weighted by atomic mass is 10.1. The van der Waals surface area contributed by atoms with Gasteiger partial charge in [0.2, 0.25) is 0 Å². The highest BCUT2D eigenvalue weighted by molar-refractivity contribution is 7.91. The summed E-state index contributed by atoms with van der Waals surface area (Å²) >= 11 is 5.84. The van der Waals surface area contributed by atoms with Gasteiger partial charge in [-0.05, 0) is 17.7 Å². The van der Waals surface area contributed by atoms with Gasteiger partial charge < -0.3 is 5.73 Å². The molecule has 90 valence electrons. The van der Waals surface area contributed by atoms with Gasteiger partial charge in [-0.25, -0.2) is 8.42 Å². The predicted molar refractivity (Wildman–Crippen MR) is 65.4 cm³/mol. The van der Waals surface area contributed by atoms with Crippen LogP contribution < -0.4 is 5.73 Å². The third-order valence-corrected chi connectivity index (χ3v) is 4.86. The van der Waals surface area contributed by atoms with E-state index in [0.29, 0.717) is 10.6 Å². The molecule has 17 heavy (non-hydrogen) atoms. The Morgan fingerprint density at radius 1 is 1.53 bits per heavy atom. The van der Waals surface area contributed by atoms with Crippen molar-refractivity contribution < 1.29 is 8.42 Å². The maximum Gasteiger partial charge on any atom is 0.153 e. The molecule has 0 unspecified atom stereocenters. The summed E-state index contributed by atoms with van der Waals surface area (Å²) in [4.78, 5) is 0. The molecule has 0 spiro atoms. The summed E-state index contributed by atoms with van der Waals surface area (Å²) in [5, 5.41) is 8.68. The molecular weight excluding hydrogens is 260 g/mol. The normalized spacial score (nSPS) is 31.9. The summed E-state index contributed by atoms with van der Waals surface area (Å²) in [6.45, 7) is 0. The lowest BCUT2D eigenvalue weighted by Crippen LogP contribution is -2.28. The first-order valence-electron chi connectivity index (χ1n) is 4.95. The molecule has 3 atom stereocenters. The summed E-state index contributed by atoms with van der Waals surface area (Å²) in [7, 11) is -3.35.